The molecule has 3 atom stereocenters. The van der Waals surface area contributed by atoms with Crippen LogP contribution in [-0.4, -0.2) is 70.3 Å². The van der Waals surface area contributed by atoms with Gasteiger partial charge in [-0.25, -0.2) is 9.59 Å². The Bertz CT molecular complexity index is 1330. The van der Waals surface area contributed by atoms with Crippen LogP contribution in [0.2, 0.25) is 0 Å². The Hall–Kier alpha value is -3.92. The van der Waals surface area contributed by atoms with E-state index < -0.39 is 59.8 Å². The third kappa shape index (κ3) is 13.4. The lowest BCUT2D eigenvalue weighted by atomic mass is 9.95. The maximum atomic E-state index is 14.5. The van der Waals surface area contributed by atoms with Crippen LogP contribution in [0.5, 0.6) is 0 Å². The zero-order chi connectivity index (χ0) is 35.4. The molecule has 0 aliphatic heterocycles. The predicted molar refractivity (Wildman–Crippen MR) is 183 cm³/mol. The summed E-state index contributed by atoms with van der Waals surface area (Å²) in [5.74, 6) is -1.83. The number of esters is 1. The highest BCUT2D eigenvalue weighted by atomic mass is 16.6. The number of unbranched alkanes of at least 4 members (excludes halogenated alkanes) is 3. The molecule has 260 valence electrons. The molecule has 2 aromatic rings. The van der Waals surface area contributed by atoms with Gasteiger partial charge < -0.3 is 30.1 Å². The van der Waals surface area contributed by atoms with Crippen molar-refractivity contribution in [2.24, 2.45) is 0 Å². The summed E-state index contributed by atoms with van der Waals surface area (Å²) < 4.78 is 11.1. The normalized spacial score (nSPS) is 13.6. The molecular formula is C37H55N3O7. The maximum Gasteiger partial charge on any atom is 0.408 e. The lowest BCUT2D eigenvalue weighted by Crippen LogP contribution is -2.56. The predicted octanol–water partition coefficient (Wildman–Crippen LogP) is 5.71. The number of carbonyl (C=O) groups is 4. The number of aliphatic hydroxyl groups excluding tert-OH is 1. The van der Waals surface area contributed by atoms with Crippen molar-refractivity contribution in [3.63, 3.8) is 0 Å². The molecule has 0 radical (unpaired) electrons. The number of ether oxygens (including phenoxy) is 2. The fraction of sp³-hybridized carbons (Fsp3) is 0.568. The molecule has 2 rings (SSSR count). The summed E-state index contributed by atoms with van der Waals surface area (Å²) >= 11 is 0. The van der Waals surface area contributed by atoms with Gasteiger partial charge in [0, 0.05) is 13.0 Å². The minimum absolute atomic E-state index is 0.172. The van der Waals surface area contributed by atoms with Crippen LogP contribution in [-0.2, 0) is 30.3 Å². The lowest BCUT2D eigenvalue weighted by molar-refractivity contribution is -0.159. The van der Waals surface area contributed by atoms with Gasteiger partial charge in [0.25, 0.3) is 0 Å². The van der Waals surface area contributed by atoms with Gasteiger partial charge in [-0.2, -0.15) is 0 Å². The molecule has 0 fully saturated rings. The molecule has 47 heavy (non-hydrogen) atoms. The lowest BCUT2D eigenvalue weighted by Gasteiger charge is -2.35. The van der Waals surface area contributed by atoms with E-state index in [2.05, 4.69) is 17.6 Å². The van der Waals surface area contributed by atoms with Gasteiger partial charge in [-0.3, -0.25) is 9.59 Å². The number of hydrogen-bond acceptors (Lipinski definition) is 7. The van der Waals surface area contributed by atoms with Gasteiger partial charge in [0.05, 0.1) is 6.61 Å². The van der Waals surface area contributed by atoms with Gasteiger partial charge in [-0.05, 0) is 78.5 Å². The average Bonchev–Trinajstić information content (AvgIpc) is 2.96. The van der Waals surface area contributed by atoms with Crippen molar-refractivity contribution in [3.8, 4) is 0 Å². The molecule has 3 amide bonds. The third-order valence-electron chi connectivity index (χ3n) is 7.28. The first-order chi connectivity index (χ1) is 22.0. The maximum absolute atomic E-state index is 14.5. The second-order valence-electron chi connectivity index (χ2n) is 14.0. The number of nitrogens with zero attached hydrogens (tertiary/aromatic N) is 1. The molecule has 0 aliphatic carbocycles. The fourth-order valence-electron chi connectivity index (χ4n) is 5.16. The molecule has 3 unspecified atom stereocenters. The number of aryl methyl sites for hydroxylation is 2. The third-order valence-corrected chi connectivity index (χ3v) is 7.28. The molecule has 0 bridgehead atoms. The van der Waals surface area contributed by atoms with E-state index in [-0.39, 0.29) is 13.0 Å². The molecule has 3 N–H and O–H groups in total. The highest BCUT2D eigenvalue weighted by Gasteiger charge is 2.38. The number of nitrogens with one attached hydrogen (secondary N) is 2. The van der Waals surface area contributed by atoms with E-state index in [1.807, 2.05) is 56.3 Å². The van der Waals surface area contributed by atoms with Crippen LogP contribution in [0.15, 0.2) is 48.5 Å². The molecule has 0 saturated carbocycles. The van der Waals surface area contributed by atoms with Crippen LogP contribution >= 0.6 is 0 Å². The van der Waals surface area contributed by atoms with Gasteiger partial charge in [0.15, 0.2) is 0 Å². The minimum atomic E-state index is -1.37. The number of rotatable bonds is 15. The Morgan fingerprint density at radius 2 is 1.47 bits per heavy atom. The number of aliphatic hydroxyl groups is 1. The Morgan fingerprint density at radius 3 is 2.02 bits per heavy atom. The van der Waals surface area contributed by atoms with Crippen LogP contribution in [0, 0.1) is 13.8 Å². The van der Waals surface area contributed by atoms with Crippen LogP contribution < -0.4 is 10.6 Å². The number of hydrogen-bond donors (Lipinski definition) is 3. The molecule has 10 nitrogen and oxygen atoms in total. The van der Waals surface area contributed by atoms with E-state index in [0.717, 1.165) is 36.0 Å². The van der Waals surface area contributed by atoms with Gasteiger partial charge >= 0.3 is 12.1 Å². The smallest absolute Gasteiger partial charge is 0.408 e. The molecule has 0 aliphatic rings. The minimum Gasteiger partial charge on any atom is -0.458 e. The van der Waals surface area contributed by atoms with Crippen molar-refractivity contribution in [2.75, 3.05) is 13.2 Å². The quantitative estimate of drug-likeness (QED) is 0.166. The number of alkyl carbamates (subject to hydrolysis) is 1. The highest BCUT2D eigenvalue weighted by Crippen LogP contribution is 2.28. The summed E-state index contributed by atoms with van der Waals surface area (Å²) in [6.07, 6.45) is 2.59. The highest BCUT2D eigenvalue weighted by molar-refractivity contribution is 5.94. The molecule has 0 aromatic heterocycles. The van der Waals surface area contributed by atoms with Gasteiger partial charge in [0.1, 0.15) is 29.3 Å². The summed E-state index contributed by atoms with van der Waals surface area (Å²) in [6.45, 7) is 15.7. The van der Waals surface area contributed by atoms with E-state index in [9.17, 15) is 24.3 Å². The molecule has 0 saturated heterocycles. The fourth-order valence-corrected chi connectivity index (χ4v) is 5.16. The average molecular weight is 654 g/mol. The van der Waals surface area contributed by atoms with Crippen molar-refractivity contribution < 1.29 is 33.8 Å². The van der Waals surface area contributed by atoms with Gasteiger partial charge in [0.2, 0.25) is 11.8 Å². The van der Waals surface area contributed by atoms with Crippen LogP contribution in [0.3, 0.4) is 0 Å². The number of carbonyl (C=O) groups excluding carboxylic acids is 4. The Labute approximate surface area is 280 Å². The van der Waals surface area contributed by atoms with Crippen molar-refractivity contribution in [3.05, 3.63) is 70.8 Å². The largest absolute Gasteiger partial charge is 0.458 e. The van der Waals surface area contributed by atoms with E-state index >= 15 is 0 Å². The molecular weight excluding hydrogens is 598 g/mol. The van der Waals surface area contributed by atoms with Crippen molar-refractivity contribution >= 4 is 23.9 Å². The first kappa shape index (κ1) is 39.3. The number of benzene rings is 2. The zero-order valence-corrected chi connectivity index (χ0v) is 29.6. The summed E-state index contributed by atoms with van der Waals surface area (Å²) in [4.78, 5) is 56.4. The van der Waals surface area contributed by atoms with E-state index in [0.29, 0.717) is 12.0 Å². The van der Waals surface area contributed by atoms with Crippen molar-refractivity contribution in [1.82, 2.24) is 15.5 Å². The van der Waals surface area contributed by atoms with Crippen LogP contribution in [0.25, 0.3) is 0 Å². The summed E-state index contributed by atoms with van der Waals surface area (Å²) in [5, 5.41) is 15.7. The number of amides is 3. The second kappa shape index (κ2) is 17.8. The Morgan fingerprint density at radius 1 is 0.830 bits per heavy atom. The van der Waals surface area contributed by atoms with E-state index in [1.165, 1.54) is 4.90 Å². The summed E-state index contributed by atoms with van der Waals surface area (Å²) in [6, 6.07) is 11.3. The summed E-state index contributed by atoms with van der Waals surface area (Å²) in [7, 11) is 0. The molecule has 10 heteroatoms. The summed E-state index contributed by atoms with van der Waals surface area (Å²) in [5.41, 5.74) is 1.50. The first-order valence-corrected chi connectivity index (χ1v) is 16.5. The van der Waals surface area contributed by atoms with Crippen molar-refractivity contribution in [1.29, 1.82) is 0 Å². The van der Waals surface area contributed by atoms with Crippen molar-refractivity contribution in [2.45, 2.75) is 124 Å². The molecule has 0 heterocycles. The van der Waals surface area contributed by atoms with Gasteiger partial charge in [-0.1, -0.05) is 80.3 Å². The molecule has 2 aromatic carbocycles. The molecule has 0 spiro atoms. The zero-order valence-electron chi connectivity index (χ0n) is 29.6. The van der Waals surface area contributed by atoms with Gasteiger partial charge in [-0.15, -0.1) is 0 Å². The van der Waals surface area contributed by atoms with Crippen LogP contribution in [0.4, 0.5) is 4.79 Å². The second-order valence-corrected chi connectivity index (χ2v) is 14.0. The first-order valence-electron chi connectivity index (χ1n) is 16.5. The SMILES string of the molecule is CCCCCCN(C(=O)C(CO)NC(=O)OC(C)(C)C)C(C(=O)NC(Cc1ccccc1)C(=O)OC(C)(C)C)c1ccc(C)cc1C. The monoisotopic (exact) mass is 653 g/mol. The van der Waals surface area contributed by atoms with Crippen LogP contribution in [0.1, 0.15) is 102 Å². The van der Waals surface area contributed by atoms with E-state index in [4.69, 9.17) is 9.47 Å². The Kier molecular flexibility index (Phi) is 14.9. The van der Waals surface area contributed by atoms with E-state index in [1.54, 1.807) is 47.6 Å². The standard InChI is InChI=1S/C37H55N3O7/c1-10-11-12-16-21-40(33(43)30(24-41)39-35(45)47-37(7,8)9)31(28-20-19-25(2)22-26(28)3)32(42)38-29(34(44)46-36(4,5)6)23-27-17-14-13-15-18-27/h13-15,17-20,22,29-31,41H,10-12,16,21,23-24H2,1-9H3,(H,38,42)(H,39,45). The topological polar surface area (TPSA) is 134 Å². The Balaban J connectivity index is 2.62.